The van der Waals surface area contributed by atoms with Gasteiger partial charge in [-0.25, -0.2) is 18.4 Å². The van der Waals surface area contributed by atoms with Crippen LogP contribution in [0.15, 0.2) is 34.2 Å². The Hall–Kier alpha value is -2.33. The fraction of sp³-hybridized carbons (Fsp3) is 0.556. The Morgan fingerprint density at radius 2 is 1.96 bits per heavy atom. The van der Waals surface area contributed by atoms with Gasteiger partial charge >= 0.3 is 6.09 Å². The quantitative estimate of drug-likeness (QED) is 0.759. The molecule has 3 N–H and O–H groups in total. The second-order valence-electron chi connectivity index (χ2n) is 7.98. The summed E-state index contributed by atoms with van der Waals surface area (Å²) in [7, 11) is -3.68. The fourth-order valence-corrected chi connectivity index (χ4v) is 3.72. The number of amides is 1. The Balaban J connectivity index is 1.53. The largest absolute Gasteiger partial charge is 0.444 e. The first-order valence-corrected chi connectivity index (χ1v) is 10.7. The van der Waals surface area contributed by atoms with Crippen LogP contribution >= 0.6 is 0 Å². The van der Waals surface area contributed by atoms with E-state index in [0.29, 0.717) is 32.7 Å². The second kappa shape index (κ2) is 7.59. The van der Waals surface area contributed by atoms with Crippen LogP contribution in [0.5, 0.6) is 0 Å². The van der Waals surface area contributed by atoms with Crippen molar-refractivity contribution in [1.82, 2.24) is 15.1 Å². The molecule has 28 heavy (non-hydrogen) atoms. The highest BCUT2D eigenvalue weighted by atomic mass is 32.2. The van der Waals surface area contributed by atoms with E-state index in [4.69, 9.17) is 9.88 Å². The van der Waals surface area contributed by atoms with Crippen LogP contribution in [-0.2, 0) is 21.3 Å². The number of carbonyl (C=O) groups excluding carboxylic acids is 1. The smallest absolute Gasteiger partial charge is 0.410 e. The highest BCUT2D eigenvalue weighted by molar-refractivity contribution is 7.89. The molecular formula is C18H27N5O4S. The number of nitrogens with two attached hydrogens (primary N) is 1. The zero-order valence-corrected chi connectivity index (χ0v) is 17.2. The van der Waals surface area contributed by atoms with Crippen LogP contribution < -0.4 is 10.5 Å². The molecule has 3 rings (SSSR count). The number of rotatable bonds is 3. The molecule has 0 aromatic heterocycles. The Kier molecular flexibility index (Phi) is 5.53. The minimum Gasteiger partial charge on any atom is -0.444 e. The molecule has 1 aromatic carbocycles. The molecule has 154 valence electrons. The lowest BCUT2D eigenvalue weighted by molar-refractivity contribution is 0.0137. The third-order valence-electron chi connectivity index (χ3n) is 4.56. The van der Waals surface area contributed by atoms with Crippen molar-refractivity contribution >= 4 is 22.1 Å². The van der Waals surface area contributed by atoms with Gasteiger partial charge in [-0.1, -0.05) is 12.1 Å². The van der Waals surface area contributed by atoms with Gasteiger partial charge in [0.05, 0.1) is 17.5 Å². The van der Waals surface area contributed by atoms with Gasteiger partial charge in [-0.15, -0.1) is 0 Å². The molecule has 2 aliphatic rings. The third kappa shape index (κ3) is 4.93. The lowest BCUT2D eigenvalue weighted by atomic mass is 10.2. The molecule has 1 aromatic rings. The van der Waals surface area contributed by atoms with Gasteiger partial charge in [0.15, 0.2) is 5.96 Å². The average molecular weight is 410 g/mol. The zero-order chi connectivity index (χ0) is 20.5. The summed E-state index contributed by atoms with van der Waals surface area (Å²) in [5, 5.41) is 8.41. The van der Waals surface area contributed by atoms with Crippen LogP contribution in [0.2, 0.25) is 0 Å². The summed E-state index contributed by atoms with van der Waals surface area (Å²) in [5.41, 5.74) is 0.414. The molecule has 0 saturated carbocycles. The summed E-state index contributed by atoms with van der Waals surface area (Å²) in [6.45, 7) is 8.54. The molecule has 1 atom stereocenters. The van der Waals surface area contributed by atoms with Gasteiger partial charge < -0.3 is 19.9 Å². The summed E-state index contributed by atoms with van der Waals surface area (Å²) >= 11 is 0. The molecule has 0 radical (unpaired) electrons. The molecule has 10 heteroatoms. The Labute approximate surface area is 165 Å². The minimum atomic E-state index is -3.68. The molecule has 1 unspecified atom stereocenters. The fourth-order valence-electron chi connectivity index (χ4n) is 3.20. The SMILES string of the molecule is CC(C)(C)OC(=O)N1CCN2C(NCc3ccc(S(N)(=O)=O)cc3)=NCC2C1. The van der Waals surface area contributed by atoms with E-state index in [1.54, 1.807) is 17.0 Å². The predicted octanol–water partition coefficient (Wildman–Crippen LogP) is 0.715. The van der Waals surface area contributed by atoms with Crippen molar-refractivity contribution in [2.45, 2.75) is 43.9 Å². The number of primary sulfonamides is 1. The number of hydrogen-bond donors (Lipinski definition) is 2. The molecule has 2 heterocycles. The van der Waals surface area contributed by atoms with Crippen LogP contribution in [0, 0.1) is 0 Å². The third-order valence-corrected chi connectivity index (χ3v) is 5.49. The van der Waals surface area contributed by atoms with E-state index in [2.05, 4.69) is 15.2 Å². The topological polar surface area (TPSA) is 117 Å². The van der Waals surface area contributed by atoms with E-state index in [1.165, 1.54) is 12.1 Å². The molecule has 0 spiro atoms. The van der Waals surface area contributed by atoms with Gasteiger partial charge in [0.2, 0.25) is 10.0 Å². The number of nitrogens with one attached hydrogen (secondary N) is 1. The van der Waals surface area contributed by atoms with Crippen molar-refractivity contribution in [1.29, 1.82) is 0 Å². The van der Waals surface area contributed by atoms with Crippen molar-refractivity contribution in [2.75, 3.05) is 26.2 Å². The molecule has 2 aliphatic heterocycles. The predicted molar refractivity (Wildman–Crippen MR) is 105 cm³/mol. The van der Waals surface area contributed by atoms with Crippen molar-refractivity contribution in [3.63, 3.8) is 0 Å². The van der Waals surface area contributed by atoms with E-state index in [-0.39, 0.29) is 17.0 Å². The number of ether oxygens (including phenoxy) is 1. The molecular weight excluding hydrogens is 382 g/mol. The van der Waals surface area contributed by atoms with Crippen LogP contribution in [0.1, 0.15) is 26.3 Å². The number of fused-ring (bicyclic) bond motifs is 1. The number of hydrogen-bond acceptors (Lipinski definition) is 7. The maximum Gasteiger partial charge on any atom is 0.410 e. The van der Waals surface area contributed by atoms with Gasteiger partial charge in [0.1, 0.15) is 5.60 Å². The van der Waals surface area contributed by atoms with Crippen molar-refractivity contribution in [3.8, 4) is 0 Å². The van der Waals surface area contributed by atoms with Crippen molar-refractivity contribution in [2.24, 2.45) is 10.1 Å². The second-order valence-corrected chi connectivity index (χ2v) is 9.54. The van der Waals surface area contributed by atoms with Crippen molar-refractivity contribution in [3.05, 3.63) is 29.8 Å². The Morgan fingerprint density at radius 1 is 1.29 bits per heavy atom. The van der Waals surface area contributed by atoms with E-state index in [0.717, 1.165) is 11.5 Å². The van der Waals surface area contributed by atoms with Crippen molar-refractivity contribution < 1.29 is 17.9 Å². The van der Waals surface area contributed by atoms with Gasteiger partial charge in [0.25, 0.3) is 0 Å². The summed E-state index contributed by atoms with van der Waals surface area (Å²) in [6.07, 6.45) is -0.288. The highest BCUT2D eigenvalue weighted by Gasteiger charge is 2.36. The van der Waals surface area contributed by atoms with Crippen LogP contribution in [0.3, 0.4) is 0 Å². The number of nitrogens with zero attached hydrogens (tertiary/aromatic N) is 3. The summed E-state index contributed by atoms with van der Waals surface area (Å²) in [5.74, 6) is 0.796. The first kappa shape index (κ1) is 20.4. The van der Waals surface area contributed by atoms with Gasteiger partial charge in [-0.3, -0.25) is 4.99 Å². The highest BCUT2D eigenvalue weighted by Crippen LogP contribution is 2.19. The van der Waals surface area contributed by atoms with Crippen LogP contribution in [0.25, 0.3) is 0 Å². The van der Waals surface area contributed by atoms with E-state index < -0.39 is 15.6 Å². The molecule has 9 nitrogen and oxygen atoms in total. The Morgan fingerprint density at radius 3 is 2.57 bits per heavy atom. The molecule has 1 fully saturated rings. The van der Waals surface area contributed by atoms with E-state index in [1.807, 2.05) is 20.8 Å². The lowest BCUT2D eigenvalue weighted by Gasteiger charge is -2.39. The molecule has 0 bridgehead atoms. The number of sulfonamides is 1. The summed E-state index contributed by atoms with van der Waals surface area (Å²) in [4.78, 5) is 20.8. The first-order valence-electron chi connectivity index (χ1n) is 9.17. The number of carbonyl (C=O) groups is 1. The first-order chi connectivity index (χ1) is 13.0. The number of guanidine groups is 1. The minimum absolute atomic E-state index is 0.0905. The van der Waals surface area contributed by atoms with E-state index >= 15 is 0 Å². The maximum absolute atomic E-state index is 12.3. The molecule has 1 amide bonds. The van der Waals surface area contributed by atoms with Gasteiger partial charge in [0, 0.05) is 26.2 Å². The number of aliphatic imine (C=N–C) groups is 1. The maximum atomic E-state index is 12.3. The van der Waals surface area contributed by atoms with Gasteiger partial charge in [-0.2, -0.15) is 0 Å². The van der Waals surface area contributed by atoms with Crippen LogP contribution in [-0.4, -0.2) is 68.1 Å². The number of benzene rings is 1. The van der Waals surface area contributed by atoms with E-state index in [9.17, 15) is 13.2 Å². The van der Waals surface area contributed by atoms with Crippen LogP contribution in [0.4, 0.5) is 4.79 Å². The molecule has 0 aliphatic carbocycles. The monoisotopic (exact) mass is 409 g/mol. The lowest BCUT2D eigenvalue weighted by Crippen LogP contribution is -2.57. The Bertz CT molecular complexity index is 861. The summed E-state index contributed by atoms with van der Waals surface area (Å²) in [6, 6.07) is 6.56. The standard InChI is InChI=1S/C18H27N5O4S/c1-18(2,3)27-17(24)22-8-9-23-14(12-22)11-21-16(23)20-10-13-4-6-15(7-5-13)28(19,25)26/h4-7,14H,8-12H2,1-3H3,(H,20,21)(H2,19,25,26). The zero-order valence-electron chi connectivity index (χ0n) is 16.4. The summed E-state index contributed by atoms with van der Waals surface area (Å²) < 4.78 is 28.1. The average Bonchev–Trinajstić information content (AvgIpc) is 3.00. The molecule has 1 saturated heterocycles. The normalized spacial score (nSPS) is 19.9. The van der Waals surface area contributed by atoms with Gasteiger partial charge in [-0.05, 0) is 38.5 Å². The number of piperazine rings is 1.